The van der Waals surface area contributed by atoms with Crippen LogP contribution in [-0.4, -0.2) is 68.3 Å². The van der Waals surface area contributed by atoms with Gasteiger partial charge in [0.1, 0.15) is 6.04 Å². The number of nitrogens with zero attached hydrogens (tertiary/aromatic N) is 1. The molecule has 0 radical (unpaired) electrons. The van der Waals surface area contributed by atoms with E-state index in [1.807, 2.05) is 72.8 Å². The zero-order valence-electron chi connectivity index (χ0n) is 21.4. The maximum absolute atomic E-state index is 14.3. The van der Waals surface area contributed by atoms with Crippen LogP contribution in [0.25, 0.3) is 10.8 Å². The van der Waals surface area contributed by atoms with Crippen LogP contribution in [0.5, 0.6) is 0 Å². The molecule has 3 saturated heterocycles. The van der Waals surface area contributed by atoms with Crippen LogP contribution in [0.1, 0.15) is 12.0 Å². The topological polar surface area (TPSA) is 98.7 Å². The number of anilines is 1. The van der Waals surface area contributed by atoms with Crippen LogP contribution >= 0.6 is 27.7 Å². The number of nitrogens with one attached hydrogen (secondary N) is 2. The van der Waals surface area contributed by atoms with Crippen molar-refractivity contribution in [1.82, 2.24) is 10.2 Å². The van der Waals surface area contributed by atoms with Gasteiger partial charge in [0.25, 0.3) is 0 Å². The van der Waals surface area contributed by atoms with E-state index >= 15 is 0 Å². The molecule has 9 heteroatoms. The van der Waals surface area contributed by atoms with E-state index in [2.05, 4.69) is 26.6 Å². The molecule has 6 rings (SSSR count). The van der Waals surface area contributed by atoms with Crippen molar-refractivity contribution >= 4 is 61.9 Å². The third-order valence-electron chi connectivity index (χ3n) is 8.46. The summed E-state index contributed by atoms with van der Waals surface area (Å²) in [4.78, 5) is 43.2. The second-order valence-electron chi connectivity index (χ2n) is 10.6. The van der Waals surface area contributed by atoms with Gasteiger partial charge in [-0.3, -0.25) is 14.4 Å². The summed E-state index contributed by atoms with van der Waals surface area (Å²) in [6.45, 7) is -0.292. The Hall–Kier alpha value is -2.88. The average molecular weight is 609 g/mol. The minimum absolute atomic E-state index is 0.00790. The van der Waals surface area contributed by atoms with Crippen LogP contribution in [0, 0.1) is 11.8 Å². The number of halogens is 1. The number of amides is 3. The Labute approximate surface area is 239 Å². The highest BCUT2D eigenvalue weighted by atomic mass is 79.9. The van der Waals surface area contributed by atoms with Crippen LogP contribution in [0.2, 0.25) is 0 Å². The highest BCUT2D eigenvalue weighted by Crippen LogP contribution is 2.68. The average Bonchev–Trinajstić information content (AvgIpc) is 3.55. The first-order chi connectivity index (χ1) is 18.9. The Morgan fingerprint density at radius 3 is 2.51 bits per heavy atom. The Morgan fingerprint density at radius 1 is 1.08 bits per heavy atom. The molecule has 0 saturated carbocycles. The standard InChI is InChI=1S/C30H30BrN3O4S/c1-32-27(36)23-24-29(38)34(21(16-35)13-17-7-3-2-4-8-17)26(30(24)15-22(31)25(23)39-30)28(37)33-20-12-11-18-9-5-6-10-19(18)14-20/h2-12,14,21-26,35H,13,15-16H2,1H3,(H,32,36)(H,33,37)/t21-,22?,23+,24+,25+,26?,30?/m1/s1. The summed E-state index contributed by atoms with van der Waals surface area (Å²) in [6.07, 6.45) is 0.990. The third-order valence-corrected chi connectivity index (χ3v) is 11.7. The van der Waals surface area contributed by atoms with Crippen molar-refractivity contribution in [1.29, 1.82) is 0 Å². The molecule has 0 aliphatic carbocycles. The van der Waals surface area contributed by atoms with E-state index < -0.39 is 28.7 Å². The first-order valence-electron chi connectivity index (χ1n) is 13.2. The zero-order valence-corrected chi connectivity index (χ0v) is 23.8. The minimum Gasteiger partial charge on any atom is -0.394 e. The monoisotopic (exact) mass is 607 g/mol. The highest BCUT2D eigenvalue weighted by Gasteiger charge is 2.76. The SMILES string of the molecule is CNC(=O)[C@H]1[C@H]2C(=O)N([C@@H](CO)Cc3ccccc3)C(C(=O)Nc3ccc4ccccc4c3)C23CC(Br)[C@@H]1S3. The van der Waals surface area contributed by atoms with Gasteiger partial charge >= 0.3 is 0 Å². The maximum atomic E-state index is 14.3. The second-order valence-corrected chi connectivity index (χ2v) is 13.3. The molecule has 39 heavy (non-hydrogen) atoms. The fraction of sp³-hybridized carbons (Fsp3) is 0.367. The van der Waals surface area contributed by atoms with Crippen molar-refractivity contribution in [3.05, 3.63) is 78.4 Å². The Morgan fingerprint density at radius 2 is 1.79 bits per heavy atom. The van der Waals surface area contributed by atoms with Crippen molar-refractivity contribution in [2.75, 3.05) is 19.0 Å². The number of likely N-dealkylation sites (tertiary alicyclic amines) is 1. The quantitative estimate of drug-likeness (QED) is 0.357. The number of hydrogen-bond donors (Lipinski definition) is 3. The van der Waals surface area contributed by atoms with Crippen molar-refractivity contribution in [3.63, 3.8) is 0 Å². The lowest BCUT2D eigenvalue weighted by Crippen LogP contribution is -2.55. The van der Waals surface area contributed by atoms with E-state index in [4.69, 9.17) is 0 Å². The maximum Gasteiger partial charge on any atom is 0.248 e. The summed E-state index contributed by atoms with van der Waals surface area (Å²) in [5.74, 6) is -1.90. The number of carbonyl (C=O) groups excluding carboxylic acids is 3. The zero-order chi connectivity index (χ0) is 27.3. The molecule has 3 aromatic carbocycles. The highest BCUT2D eigenvalue weighted by molar-refractivity contribution is 9.09. The van der Waals surface area contributed by atoms with Gasteiger partial charge in [-0.2, -0.15) is 0 Å². The molecule has 1 spiro atoms. The Balaban J connectivity index is 1.41. The molecule has 7 nitrogen and oxygen atoms in total. The van der Waals surface area contributed by atoms with Crippen molar-refractivity contribution in [3.8, 4) is 0 Å². The van der Waals surface area contributed by atoms with Crippen LogP contribution in [0.4, 0.5) is 5.69 Å². The van der Waals surface area contributed by atoms with E-state index in [-0.39, 0.29) is 34.4 Å². The van der Waals surface area contributed by atoms with E-state index in [0.29, 0.717) is 18.5 Å². The number of benzene rings is 3. The number of aliphatic hydroxyl groups is 1. The predicted octanol–water partition coefficient (Wildman–Crippen LogP) is 3.59. The normalized spacial score (nSPS) is 29.9. The fourth-order valence-electron chi connectivity index (χ4n) is 6.84. The van der Waals surface area contributed by atoms with Crippen molar-refractivity contribution in [2.45, 2.75) is 39.7 Å². The van der Waals surface area contributed by atoms with Gasteiger partial charge in [-0.25, -0.2) is 0 Å². The van der Waals surface area contributed by atoms with E-state index in [1.165, 1.54) is 0 Å². The number of rotatable bonds is 7. The lowest BCUT2D eigenvalue weighted by Gasteiger charge is -2.37. The summed E-state index contributed by atoms with van der Waals surface area (Å²) in [6, 6.07) is 21.9. The summed E-state index contributed by atoms with van der Waals surface area (Å²) in [5, 5.41) is 18.3. The first kappa shape index (κ1) is 26.3. The molecular formula is C30H30BrN3O4S. The molecule has 3 unspecified atom stereocenters. The van der Waals surface area contributed by atoms with E-state index in [9.17, 15) is 19.5 Å². The number of carbonyl (C=O) groups is 3. The van der Waals surface area contributed by atoms with Gasteiger partial charge in [-0.15, -0.1) is 11.8 Å². The van der Waals surface area contributed by atoms with E-state index in [1.54, 1.807) is 23.7 Å². The Kier molecular flexibility index (Phi) is 6.93. The molecule has 3 aromatic rings. The first-order valence-corrected chi connectivity index (χ1v) is 15.0. The number of aliphatic hydroxyl groups excluding tert-OH is 1. The molecule has 202 valence electrons. The molecule has 0 aromatic heterocycles. The summed E-state index contributed by atoms with van der Waals surface area (Å²) in [5.41, 5.74) is 1.61. The number of alkyl halides is 1. The molecule has 7 atom stereocenters. The van der Waals surface area contributed by atoms with Gasteiger partial charge in [0.2, 0.25) is 17.7 Å². The number of thioether (sulfide) groups is 1. The number of fused-ring (bicyclic) bond motifs is 2. The molecule has 3 heterocycles. The van der Waals surface area contributed by atoms with Gasteiger partial charge < -0.3 is 20.6 Å². The van der Waals surface area contributed by atoms with Crippen LogP contribution < -0.4 is 10.6 Å². The molecule has 3 N–H and O–H groups in total. The van der Waals surface area contributed by atoms with Crippen LogP contribution in [0.3, 0.4) is 0 Å². The van der Waals surface area contributed by atoms with Gasteiger partial charge in [0.05, 0.1) is 29.2 Å². The largest absolute Gasteiger partial charge is 0.394 e. The third kappa shape index (κ3) is 4.26. The van der Waals surface area contributed by atoms with Gasteiger partial charge in [0, 0.05) is 22.8 Å². The summed E-state index contributed by atoms with van der Waals surface area (Å²) in [7, 11) is 1.59. The molecule has 3 fully saturated rings. The molecule has 2 bridgehead atoms. The van der Waals surface area contributed by atoms with Crippen molar-refractivity contribution in [2.24, 2.45) is 11.8 Å². The second kappa shape index (κ2) is 10.3. The smallest absolute Gasteiger partial charge is 0.248 e. The molecule has 3 aliphatic rings. The molecular weight excluding hydrogens is 578 g/mol. The Bertz CT molecular complexity index is 1440. The van der Waals surface area contributed by atoms with Gasteiger partial charge in [-0.1, -0.05) is 76.6 Å². The lowest BCUT2D eigenvalue weighted by molar-refractivity contribution is -0.141. The van der Waals surface area contributed by atoms with Crippen molar-refractivity contribution < 1.29 is 19.5 Å². The predicted molar refractivity (Wildman–Crippen MR) is 157 cm³/mol. The molecule has 3 aliphatic heterocycles. The summed E-state index contributed by atoms with van der Waals surface area (Å²) >= 11 is 5.36. The van der Waals surface area contributed by atoms with Crippen LogP contribution in [-0.2, 0) is 20.8 Å². The van der Waals surface area contributed by atoms with Gasteiger partial charge in [0.15, 0.2) is 0 Å². The van der Waals surface area contributed by atoms with E-state index in [0.717, 1.165) is 16.3 Å². The minimum atomic E-state index is -0.841. The fourth-order valence-corrected chi connectivity index (χ4v) is 10.4. The summed E-state index contributed by atoms with van der Waals surface area (Å²) < 4.78 is -0.780. The van der Waals surface area contributed by atoms with Crippen LogP contribution in [0.15, 0.2) is 72.8 Å². The van der Waals surface area contributed by atoms with Gasteiger partial charge in [-0.05, 0) is 41.3 Å². The number of hydrogen-bond acceptors (Lipinski definition) is 5. The molecule has 3 amide bonds. The lowest BCUT2D eigenvalue weighted by atomic mass is 9.70.